The molecule has 0 saturated carbocycles. The second-order valence-corrected chi connectivity index (χ2v) is 12.3. The molecule has 1 aliphatic heterocycles. The molecular weight excluding hydrogens is 468 g/mol. The fraction of sp³-hybridized carbons (Fsp3) is 0.480. The quantitative estimate of drug-likeness (QED) is 0.454. The zero-order chi connectivity index (χ0) is 24.5. The third kappa shape index (κ3) is 4.93. The number of hydrogen-bond acceptors (Lipinski definition) is 5. The highest BCUT2D eigenvalue weighted by Gasteiger charge is 2.29. The van der Waals surface area contributed by atoms with Gasteiger partial charge in [-0.3, -0.25) is 9.69 Å². The van der Waals surface area contributed by atoms with Crippen molar-refractivity contribution in [1.29, 1.82) is 0 Å². The number of H-pyrrole nitrogens is 1. The highest BCUT2D eigenvalue weighted by atomic mass is 32.2. The highest BCUT2D eigenvalue weighted by Crippen LogP contribution is 2.38. The summed E-state index contributed by atoms with van der Waals surface area (Å²) in [6.07, 6.45) is 3.49. The van der Waals surface area contributed by atoms with E-state index in [2.05, 4.69) is 41.9 Å². The van der Waals surface area contributed by atoms with Crippen LogP contribution in [0.2, 0.25) is 0 Å². The van der Waals surface area contributed by atoms with E-state index in [1.807, 2.05) is 12.3 Å². The van der Waals surface area contributed by atoms with Gasteiger partial charge in [-0.2, -0.15) is 0 Å². The summed E-state index contributed by atoms with van der Waals surface area (Å²) in [5.74, 6) is -0.0914. The maximum atomic E-state index is 12.3. The average Bonchev–Trinajstić information content (AvgIpc) is 3.49. The van der Waals surface area contributed by atoms with Crippen molar-refractivity contribution in [3.8, 4) is 10.4 Å². The molecule has 1 amide bonds. The van der Waals surface area contributed by atoms with Crippen LogP contribution in [0.15, 0.2) is 30.5 Å². The Hall–Kier alpha value is -2.20. The van der Waals surface area contributed by atoms with E-state index in [0.717, 1.165) is 59.4 Å². The summed E-state index contributed by atoms with van der Waals surface area (Å²) in [6, 6.07) is 8.31. The number of hydrogen-bond donors (Lipinski definition) is 2. The van der Waals surface area contributed by atoms with Crippen molar-refractivity contribution in [2.45, 2.75) is 46.1 Å². The van der Waals surface area contributed by atoms with E-state index in [1.54, 1.807) is 22.6 Å². The van der Waals surface area contributed by atoms with E-state index in [4.69, 9.17) is 5.73 Å². The predicted molar refractivity (Wildman–Crippen MR) is 140 cm³/mol. The maximum Gasteiger partial charge on any atom is 0.250 e. The fourth-order valence-electron chi connectivity index (χ4n) is 4.84. The second-order valence-electron chi connectivity index (χ2n) is 8.86. The SMILES string of the molecule is CCN(CC)Cc1ccc(-c2cc(C(N)=O)c3[nH]cc(C4CCN(S(=O)(=O)CC)CC4)c3c2)s1. The smallest absolute Gasteiger partial charge is 0.250 e. The van der Waals surface area contributed by atoms with Gasteiger partial charge in [0.05, 0.1) is 16.8 Å². The van der Waals surface area contributed by atoms with E-state index in [1.165, 1.54) is 4.88 Å². The highest BCUT2D eigenvalue weighted by molar-refractivity contribution is 7.89. The van der Waals surface area contributed by atoms with Crippen molar-refractivity contribution < 1.29 is 13.2 Å². The number of rotatable bonds is 9. The van der Waals surface area contributed by atoms with E-state index in [9.17, 15) is 13.2 Å². The minimum atomic E-state index is -3.16. The third-order valence-electron chi connectivity index (χ3n) is 6.96. The van der Waals surface area contributed by atoms with Crippen LogP contribution in [0, 0.1) is 0 Å². The molecular formula is C25H34N4O3S2. The molecule has 0 atom stereocenters. The van der Waals surface area contributed by atoms with Crippen molar-refractivity contribution in [3.63, 3.8) is 0 Å². The van der Waals surface area contributed by atoms with Gasteiger partial charge in [-0.1, -0.05) is 13.8 Å². The number of amides is 1. The molecule has 0 aliphatic carbocycles. The normalized spacial score (nSPS) is 16.0. The first-order valence-electron chi connectivity index (χ1n) is 12.0. The molecule has 1 aromatic carbocycles. The van der Waals surface area contributed by atoms with Gasteiger partial charge >= 0.3 is 0 Å². The van der Waals surface area contributed by atoms with Crippen molar-refractivity contribution >= 4 is 38.2 Å². The van der Waals surface area contributed by atoms with E-state index < -0.39 is 15.9 Å². The first kappa shape index (κ1) is 24.9. The van der Waals surface area contributed by atoms with Crippen LogP contribution in [0.4, 0.5) is 0 Å². The number of carbonyl (C=O) groups excluding carboxylic acids is 1. The number of nitrogens with two attached hydrogens (primary N) is 1. The lowest BCUT2D eigenvalue weighted by Crippen LogP contribution is -2.38. The lowest BCUT2D eigenvalue weighted by Gasteiger charge is -2.31. The minimum absolute atomic E-state index is 0.132. The molecule has 3 N–H and O–H groups in total. The number of piperidine rings is 1. The number of aromatic nitrogens is 1. The Bertz CT molecular complexity index is 1270. The molecule has 1 fully saturated rings. The summed E-state index contributed by atoms with van der Waals surface area (Å²) in [6.45, 7) is 9.99. The Balaban J connectivity index is 1.67. The molecule has 9 heteroatoms. The van der Waals surface area contributed by atoms with E-state index >= 15 is 0 Å². The largest absolute Gasteiger partial charge is 0.366 e. The lowest BCUT2D eigenvalue weighted by molar-refractivity contribution is 0.100. The van der Waals surface area contributed by atoms with Crippen LogP contribution in [0.25, 0.3) is 21.3 Å². The number of nitrogens with one attached hydrogen (secondary N) is 1. The van der Waals surface area contributed by atoms with Gasteiger partial charge in [0, 0.05) is 41.0 Å². The summed E-state index contributed by atoms with van der Waals surface area (Å²) in [5, 5.41) is 1.00. The predicted octanol–water partition coefficient (Wildman–Crippen LogP) is 4.37. The van der Waals surface area contributed by atoms with Gasteiger partial charge in [0.2, 0.25) is 10.0 Å². The molecule has 184 valence electrons. The molecule has 3 aromatic rings. The fourth-order valence-corrected chi connectivity index (χ4v) is 7.01. The molecule has 1 aliphatic rings. The van der Waals surface area contributed by atoms with Gasteiger partial charge in [0.15, 0.2) is 0 Å². The Labute approximate surface area is 206 Å². The van der Waals surface area contributed by atoms with Crippen molar-refractivity contribution in [2.75, 3.05) is 31.9 Å². The topological polar surface area (TPSA) is 99.5 Å². The summed E-state index contributed by atoms with van der Waals surface area (Å²) in [4.78, 5) is 20.4. The monoisotopic (exact) mass is 502 g/mol. The zero-order valence-corrected chi connectivity index (χ0v) is 21.8. The molecule has 0 bridgehead atoms. The Morgan fingerprint density at radius 2 is 1.88 bits per heavy atom. The standard InChI is InChI=1S/C25H34N4O3S2/c1-4-28(5-2)16-19-7-8-23(33-19)18-13-20-22(15-27-24(20)21(14-18)25(26)30)17-9-11-29(12-10-17)34(31,32)6-3/h7-8,13-15,17,27H,4-6,9-12,16H2,1-3H3,(H2,26,30). The van der Waals surface area contributed by atoms with E-state index in [-0.39, 0.29) is 11.7 Å². The summed E-state index contributed by atoms with van der Waals surface area (Å²) in [7, 11) is -3.16. The first-order valence-corrected chi connectivity index (χ1v) is 14.4. The van der Waals surface area contributed by atoms with Gasteiger partial charge < -0.3 is 10.7 Å². The van der Waals surface area contributed by atoms with Crippen LogP contribution < -0.4 is 5.73 Å². The summed E-state index contributed by atoms with van der Waals surface area (Å²) in [5.41, 5.74) is 9.14. The molecule has 2 aromatic heterocycles. The van der Waals surface area contributed by atoms with Gasteiger partial charge in [0.1, 0.15) is 0 Å². The molecule has 0 spiro atoms. The second kappa shape index (κ2) is 10.2. The van der Waals surface area contributed by atoms with Crippen LogP contribution in [-0.4, -0.2) is 60.4 Å². The Morgan fingerprint density at radius 3 is 2.50 bits per heavy atom. The summed E-state index contributed by atoms with van der Waals surface area (Å²) >= 11 is 1.75. The van der Waals surface area contributed by atoms with Crippen molar-refractivity contribution in [1.82, 2.24) is 14.2 Å². The zero-order valence-electron chi connectivity index (χ0n) is 20.1. The van der Waals surface area contributed by atoms with Crippen LogP contribution in [0.1, 0.15) is 60.3 Å². The van der Waals surface area contributed by atoms with Crippen molar-refractivity contribution in [2.24, 2.45) is 5.73 Å². The Morgan fingerprint density at radius 1 is 1.18 bits per heavy atom. The average molecular weight is 503 g/mol. The molecule has 0 radical (unpaired) electrons. The lowest BCUT2D eigenvalue weighted by atomic mass is 9.89. The number of thiophene rings is 1. The van der Waals surface area contributed by atoms with Crippen LogP contribution in [0.5, 0.6) is 0 Å². The van der Waals surface area contributed by atoms with Crippen LogP contribution >= 0.6 is 11.3 Å². The molecule has 0 unspecified atom stereocenters. The van der Waals surface area contributed by atoms with Gasteiger partial charge in [-0.05, 0) is 74.2 Å². The number of carbonyl (C=O) groups is 1. The number of nitrogens with zero attached hydrogens (tertiary/aromatic N) is 2. The van der Waals surface area contributed by atoms with Crippen molar-refractivity contribution in [3.05, 3.63) is 46.5 Å². The van der Waals surface area contributed by atoms with Gasteiger partial charge in [-0.15, -0.1) is 11.3 Å². The number of sulfonamides is 1. The number of aromatic amines is 1. The number of primary amides is 1. The molecule has 1 saturated heterocycles. The first-order chi connectivity index (χ1) is 16.3. The molecule has 34 heavy (non-hydrogen) atoms. The summed E-state index contributed by atoms with van der Waals surface area (Å²) < 4.78 is 26.1. The molecule has 4 rings (SSSR count). The molecule has 7 nitrogen and oxygen atoms in total. The third-order valence-corrected chi connectivity index (χ3v) is 9.96. The van der Waals surface area contributed by atoms with Crippen LogP contribution in [0.3, 0.4) is 0 Å². The van der Waals surface area contributed by atoms with Gasteiger partial charge in [0.25, 0.3) is 5.91 Å². The van der Waals surface area contributed by atoms with E-state index in [0.29, 0.717) is 18.7 Å². The van der Waals surface area contributed by atoms with Crippen LogP contribution in [-0.2, 0) is 16.6 Å². The number of benzene rings is 1. The number of fused-ring (bicyclic) bond motifs is 1. The Kier molecular flexibility index (Phi) is 7.47. The molecule has 3 heterocycles. The minimum Gasteiger partial charge on any atom is -0.366 e. The maximum absolute atomic E-state index is 12.3. The van der Waals surface area contributed by atoms with Gasteiger partial charge in [-0.25, -0.2) is 12.7 Å².